The van der Waals surface area contributed by atoms with Gasteiger partial charge in [-0.15, -0.1) is 13.2 Å². The molecule has 0 spiro atoms. The number of nitriles is 1. The van der Waals surface area contributed by atoms with Crippen LogP contribution >= 0.6 is 0 Å². The summed E-state index contributed by atoms with van der Waals surface area (Å²) in [4.78, 5) is 11.0. The second kappa shape index (κ2) is 12.0. The number of hydrogen-bond acceptors (Lipinski definition) is 9. The summed E-state index contributed by atoms with van der Waals surface area (Å²) in [6.07, 6.45) is 2.28. The first kappa shape index (κ1) is 29.4. The van der Waals surface area contributed by atoms with Gasteiger partial charge in [0.05, 0.1) is 6.20 Å². The molecule has 1 aromatic heterocycles. The summed E-state index contributed by atoms with van der Waals surface area (Å²) in [5.74, 6) is 1.93. The van der Waals surface area contributed by atoms with E-state index in [1.165, 1.54) is 37.2 Å². The number of hydrogen-bond donors (Lipinski definition) is 4. The van der Waals surface area contributed by atoms with E-state index in [9.17, 15) is 28.6 Å². The molecule has 1 aromatic carbocycles. The van der Waals surface area contributed by atoms with Crippen molar-refractivity contribution >= 4 is 11.8 Å². The van der Waals surface area contributed by atoms with E-state index < -0.39 is 6.36 Å². The molecule has 4 fully saturated rings. The van der Waals surface area contributed by atoms with Crippen molar-refractivity contribution in [3.05, 3.63) is 41.6 Å². The van der Waals surface area contributed by atoms with Crippen LogP contribution in [0.15, 0.2) is 30.5 Å². The number of anilines is 2. The molecule has 1 unspecified atom stereocenters. The van der Waals surface area contributed by atoms with Gasteiger partial charge in [0.2, 0.25) is 5.95 Å². The molecular formula is C29H37F3N6O3. The van der Waals surface area contributed by atoms with E-state index in [1.54, 1.807) is 6.07 Å². The van der Waals surface area contributed by atoms with Crippen molar-refractivity contribution in [1.82, 2.24) is 14.9 Å². The van der Waals surface area contributed by atoms with Crippen molar-refractivity contribution in [2.75, 3.05) is 44.0 Å². The Morgan fingerprint density at radius 2 is 1.85 bits per heavy atom. The Kier molecular flexibility index (Phi) is 8.59. The first-order chi connectivity index (χ1) is 19.6. The van der Waals surface area contributed by atoms with Gasteiger partial charge >= 0.3 is 6.36 Å². The number of para-hydroxylation sites is 1. The predicted octanol–water partition coefficient (Wildman–Crippen LogP) is 4.00. The Balaban J connectivity index is 1.25. The maximum absolute atomic E-state index is 12.8. The summed E-state index contributed by atoms with van der Waals surface area (Å²) in [5.41, 5.74) is 0.697. The number of rotatable bonds is 12. The summed E-state index contributed by atoms with van der Waals surface area (Å²) < 4.78 is 42.5. The van der Waals surface area contributed by atoms with Crippen LogP contribution in [0.1, 0.15) is 43.2 Å². The van der Waals surface area contributed by atoms with Gasteiger partial charge in [-0.25, -0.2) is 4.98 Å². The molecular weight excluding hydrogens is 537 g/mol. The van der Waals surface area contributed by atoms with Gasteiger partial charge in [-0.3, -0.25) is 0 Å². The number of benzene rings is 1. The fourth-order valence-electron chi connectivity index (χ4n) is 7.81. The lowest BCUT2D eigenvalue weighted by Gasteiger charge is -2.62. The highest BCUT2D eigenvalue weighted by Crippen LogP contribution is 2.61. The van der Waals surface area contributed by atoms with Gasteiger partial charge in [0.15, 0.2) is 0 Å². The van der Waals surface area contributed by atoms with Crippen LogP contribution in [-0.4, -0.2) is 70.8 Å². The number of aliphatic hydroxyl groups excluding tert-OH is 2. The molecule has 5 atom stereocenters. The second-order valence-electron chi connectivity index (χ2n) is 12.1. The summed E-state index contributed by atoms with van der Waals surface area (Å²) >= 11 is 0. The predicted molar refractivity (Wildman–Crippen MR) is 146 cm³/mol. The molecule has 12 heteroatoms. The maximum atomic E-state index is 12.8. The van der Waals surface area contributed by atoms with E-state index in [2.05, 4.69) is 43.4 Å². The van der Waals surface area contributed by atoms with Crippen LogP contribution < -0.4 is 15.4 Å². The highest BCUT2D eigenvalue weighted by molar-refractivity contribution is 5.53. The first-order valence-corrected chi connectivity index (χ1v) is 14.1. The maximum Gasteiger partial charge on any atom is 0.573 e. The number of alkyl halides is 3. The number of halogens is 3. The monoisotopic (exact) mass is 574 g/mol. The summed E-state index contributed by atoms with van der Waals surface area (Å²) in [7, 11) is 2.11. The Morgan fingerprint density at radius 3 is 2.51 bits per heavy atom. The quantitative estimate of drug-likeness (QED) is 0.298. The number of ether oxygens (including phenoxy) is 1. The topological polar surface area (TPSA) is 127 Å². The van der Waals surface area contributed by atoms with Crippen LogP contribution in [0.4, 0.5) is 24.9 Å². The smallest absolute Gasteiger partial charge is 0.405 e. The fourth-order valence-corrected chi connectivity index (χ4v) is 7.81. The zero-order chi connectivity index (χ0) is 29.2. The molecule has 41 heavy (non-hydrogen) atoms. The number of aromatic nitrogens is 2. The summed E-state index contributed by atoms with van der Waals surface area (Å²) in [5, 5.41) is 35.2. The van der Waals surface area contributed by atoms with Crippen molar-refractivity contribution in [2.24, 2.45) is 29.1 Å². The minimum atomic E-state index is -4.80. The van der Waals surface area contributed by atoms with Crippen molar-refractivity contribution < 1.29 is 28.1 Å². The van der Waals surface area contributed by atoms with Crippen LogP contribution in [0, 0.1) is 40.4 Å². The molecule has 1 heterocycles. The molecule has 4 saturated carbocycles. The van der Waals surface area contributed by atoms with Crippen LogP contribution in [0.5, 0.6) is 5.75 Å². The lowest BCUT2D eigenvalue weighted by atomic mass is 9.47. The number of nitrogens with zero attached hydrogens (tertiary/aromatic N) is 4. The molecule has 0 aliphatic heterocycles. The van der Waals surface area contributed by atoms with Crippen LogP contribution in [0.2, 0.25) is 0 Å². The van der Waals surface area contributed by atoms with Gasteiger partial charge in [0.1, 0.15) is 23.2 Å². The molecule has 4 N–H and O–H groups in total. The number of aliphatic hydroxyl groups is 2. The van der Waals surface area contributed by atoms with Crippen molar-refractivity contribution in [3.8, 4) is 11.8 Å². The molecule has 0 radical (unpaired) electrons. The molecule has 4 bridgehead atoms. The average Bonchev–Trinajstić information content (AvgIpc) is 2.93. The minimum Gasteiger partial charge on any atom is -0.405 e. The van der Waals surface area contributed by atoms with Crippen LogP contribution in [0.3, 0.4) is 0 Å². The Morgan fingerprint density at radius 1 is 1.15 bits per heavy atom. The van der Waals surface area contributed by atoms with Crippen molar-refractivity contribution in [3.63, 3.8) is 0 Å². The molecule has 4 aliphatic rings. The molecule has 222 valence electrons. The van der Waals surface area contributed by atoms with Gasteiger partial charge < -0.3 is 30.5 Å². The average molecular weight is 575 g/mol. The Bertz CT molecular complexity index is 1240. The summed E-state index contributed by atoms with van der Waals surface area (Å²) in [6, 6.07) is 8.45. The van der Waals surface area contributed by atoms with E-state index in [-0.39, 0.29) is 42.8 Å². The van der Waals surface area contributed by atoms with Gasteiger partial charge in [-0.05, 0) is 68.4 Å². The first-order valence-electron chi connectivity index (χ1n) is 14.1. The zero-order valence-corrected chi connectivity index (χ0v) is 23.1. The highest BCUT2D eigenvalue weighted by Gasteiger charge is 2.56. The third kappa shape index (κ3) is 6.68. The van der Waals surface area contributed by atoms with E-state index in [0.717, 1.165) is 19.3 Å². The van der Waals surface area contributed by atoms with E-state index in [1.807, 2.05) is 0 Å². The van der Waals surface area contributed by atoms with Crippen LogP contribution in [0.25, 0.3) is 0 Å². The molecule has 9 nitrogen and oxygen atoms in total. The molecule has 0 amide bonds. The van der Waals surface area contributed by atoms with Gasteiger partial charge in [0.25, 0.3) is 0 Å². The van der Waals surface area contributed by atoms with Crippen LogP contribution in [-0.2, 0) is 6.54 Å². The zero-order valence-electron chi connectivity index (χ0n) is 23.1. The minimum absolute atomic E-state index is 0.00883. The van der Waals surface area contributed by atoms with E-state index in [4.69, 9.17) is 0 Å². The number of nitrogens with one attached hydrogen (secondary N) is 2. The molecule has 2 aromatic rings. The third-order valence-corrected chi connectivity index (χ3v) is 9.10. The van der Waals surface area contributed by atoms with Crippen molar-refractivity contribution in [1.29, 1.82) is 5.26 Å². The molecule has 6 rings (SSSR count). The third-order valence-electron chi connectivity index (χ3n) is 9.10. The largest absolute Gasteiger partial charge is 0.573 e. The van der Waals surface area contributed by atoms with Gasteiger partial charge in [-0.2, -0.15) is 10.2 Å². The van der Waals surface area contributed by atoms with E-state index >= 15 is 0 Å². The molecule has 4 aliphatic carbocycles. The normalized spacial score (nSPS) is 26.8. The van der Waals surface area contributed by atoms with Crippen molar-refractivity contribution in [2.45, 2.75) is 51.1 Å². The second-order valence-corrected chi connectivity index (χ2v) is 12.1. The lowest BCUT2D eigenvalue weighted by Crippen LogP contribution is -2.60. The Labute approximate surface area is 237 Å². The van der Waals surface area contributed by atoms with Gasteiger partial charge in [-0.1, -0.05) is 18.2 Å². The fraction of sp³-hybridized carbons (Fsp3) is 0.621. The lowest BCUT2D eigenvalue weighted by molar-refractivity contribution is -0.274. The molecule has 0 saturated heterocycles. The SMILES string of the molecule is CN(CC(CO)CO)[C@@H]1[C@@H]2CC3C[C@H]1C[C@@](CNc1nc(NCc4ccccc4OC(F)(F)F)ncc1C#N)(C3)C2. The van der Waals surface area contributed by atoms with Gasteiger partial charge in [0, 0.05) is 50.4 Å². The highest BCUT2D eigenvalue weighted by atomic mass is 19.4. The summed E-state index contributed by atoms with van der Waals surface area (Å²) in [6.45, 7) is 1.31. The Hall–Kier alpha value is -3.14. The standard InChI is InChI=1S/C29H37F3N6O3/c1-38(14-19(15-39)16-40)25-21-6-18-7-22(25)10-28(8-18,9-21)17-36-26-23(11-33)13-35-27(37-26)34-12-20-4-2-3-5-24(20)41-29(30,31)32/h2-5,13,18-19,21-22,25,39-40H,6-10,12,14-17H2,1H3,(H2,34,35,36,37)/t18?,21-,22+,25-,28-. The van der Waals surface area contributed by atoms with E-state index in [0.29, 0.717) is 53.8 Å².